The molecule has 1 aliphatic heterocycles. The van der Waals surface area contributed by atoms with Crippen molar-refractivity contribution >= 4 is 11.7 Å². The molecule has 0 aliphatic carbocycles. The molecule has 0 fully saturated rings. The summed E-state index contributed by atoms with van der Waals surface area (Å²) >= 11 is 0. The van der Waals surface area contributed by atoms with Crippen molar-refractivity contribution < 1.29 is 14.6 Å². The number of nitrogens with one attached hydrogen (secondary N) is 1. The number of carboxylic acid groups (broad SMARTS) is 1. The molecule has 0 amide bonds. The molecule has 0 unspecified atom stereocenters. The first-order valence-electron chi connectivity index (χ1n) is 4.43. The van der Waals surface area contributed by atoms with Crippen LogP contribution in [0.15, 0.2) is 12.1 Å². The number of fused-ring (bicyclic) bond motifs is 1. The summed E-state index contributed by atoms with van der Waals surface area (Å²) in [4.78, 5) is 10.8. The van der Waals surface area contributed by atoms with Crippen molar-refractivity contribution in [3.8, 4) is 5.75 Å². The fraction of sp³-hybridized carbons (Fsp3) is 0.300. The topological polar surface area (TPSA) is 58.6 Å². The third-order valence-electron chi connectivity index (χ3n) is 2.32. The Balaban J connectivity index is 2.54. The van der Waals surface area contributed by atoms with Gasteiger partial charge in [-0.2, -0.15) is 0 Å². The highest BCUT2D eigenvalue weighted by Crippen LogP contribution is 2.32. The van der Waals surface area contributed by atoms with Crippen LogP contribution in [0.3, 0.4) is 0 Å². The molecule has 0 aromatic heterocycles. The minimum absolute atomic E-state index is 0.321. The molecule has 74 valence electrons. The fourth-order valence-electron chi connectivity index (χ4n) is 1.60. The van der Waals surface area contributed by atoms with Crippen LogP contribution in [0.1, 0.15) is 15.9 Å². The van der Waals surface area contributed by atoms with E-state index < -0.39 is 5.97 Å². The molecule has 1 heterocycles. The van der Waals surface area contributed by atoms with Gasteiger partial charge in [-0.3, -0.25) is 0 Å². The molecule has 0 saturated carbocycles. The molecule has 0 radical (unpaired) electrons. The van der Waals surface area contributed by atoms with Gasteiger partial charge in [-0.25, -0.2) is 4.79 Å². The number of aromatic carboxylic acids is 1. The summed E-state index contributed by atoms with van der Waals surface area (Å²) < 4.78 is 5.38. The van der Waals surface area contributed by atoms with Gasteiger partial charge in [0.25, 0.3) is 0 Å². The van der Waals surface area contributed by atoms with Gasteiger partial charge in [-0.1, -0.05) is 0 Å². The summed E-state index contributed by atoms with van der Waals surface area (Å²) in [7, 11) is 0. The number of hydrogen-bond donors (Lipinski definition) is 2. The van der Waals surface area contributed by atoms with E-state index in [1.54, 1.807) is 19.1 Å². The Bertz CT molecular complexity index is 387. The van der Waals surface area contributed by atoms with Crippen molar-refractivity contribution in [2.75, 3.05) is 18.5 Å². The quantitative estimate of drug-likeness (QED) is 0.709. The maximum atomic E-state index is 10.8. The molecule has 4 heteroatoms. The maximum absolute atomic E-state index is 10.8. The first-order valence-corrected chi connectivity index (χ1v) is 4.43. The lowest BCUT2D eigenvalue weighted by Crippen LogP contribution is -2.19. The fourth-order valence-corrected chi connectivity index (χ4v) is 1.60. The Kier molecular flexibility index (Phi) is 2.04. The molecule has 0 spiro atoms. The lowest BCUT2D eigenvalue weighted by molar-refractivity contribution is 0.0696. The van der Waals surface area contributed by atoms with Gasteiger partial charge in [0.05, 0.1) is 11.3 Å². The van der Waals surface area contributed by atoms with Crippen molar-refractivity contribution in [3.05, 3.63) is 23.3 Å². The third kappa shape index (κ3) is 1.28. The largest absolute Gasteiger partial charge is 0.490 e. The zero-order valence-corrected chi connectivity index (χ0v) is 7.83. The number of carbonyl (C=O) groups is 1. The number of rotatable bonds is 1. The zero-order valence-electron chi connectivity index (χ0n) is 7.83. The summed E-state index contributed by atoms with van der Waals surface area (Å²) in [5.41, 5.74) is 1.85. The Hall–Kier alpha value is -1.71. The summed E-state index contributed by atoms with van der Waals surface area (Å²) in [6.07, 6.45) is 0. The highest BCUT2D eigenvalue weighted by atomic mass is 16.5. The molecule has 14 heavy (non-hydrogen) atoms. The van der Waals surface area contributed by atoms with E-state index in [9.17, 15) is 4.79 Å². The van der Waals surface area contributed by atoms with Crippen LogP contribution < -0.4 is 10.1 Å². The van der Waals surface area contributed by atoms with Gasteiger partial charge in [-0.05, 0) is 24.6 Å². The molecular formula is C10H11NO3. The van der Waals surface area contributed by atoms with Crippen LogP contribution in [0.2, 0.25) is 0 Å². The van der Waals surface area contributed by atoms with Crippen molar-refractivity contribution in [3.63, 3.8) is 0 Å². The maximum Gasteiger partial charge on any atom is 0.336 e. The van der Waals surface area contributed by atoms with Gasteiger partial charge >= 0.3 is 5.97 Å². The Morgan fingerprint density at radius 3 is 3.07 bits per heavy atom. The van der Waals surface area contributed by atoms with Crippen LogP contribution in [0.4, 0.5) is 5.69 Å². The van der Waals surface area contributed by atoms with Gasteiger partial charge < -0.3 is 15.2 Å². The molecule has 0 bridgehead atoms. The van der Waals surface area contributed by atoms with Gasteiger partial charge in [0.1, 0.15) is 12.4 Å². The summed E-state index contributed by atoms with van der Waals surface area (Å²) in [5, 5.41) is 12.0. The van der Waals surface area contributed by atoms with E-state index in [1.165, 1.54) is 0 Å². The van der Waals surface area contributed by atoms with Gasteiger partial charge in [0.15, 0.2) is 0 Å². The van der Waals surface area contributed by atoms with E-state index in [1.807, 2.05) is 0 Å². The number of ether oxygens (including phenoxy) is 1. The molecule has 2 rings (SSSR count). The van der Waals surface area contributed by atoms with Crippen LogP contribution in [-0.2, 0) is 0 Å². The number of benzene rings is 1. The van der Waals surface area contributed by atoms with Crippen molar-refractivity contribution in [1.82, 2.24) is 0 Å². The third-order valence-corrected chi connectivity index (χ3v) is 2.32. The molecule has 1 aliphatic rings. The molecule has 1 aromatic carbocycles. The Morgan fingerprint density at radius 2 is 2.36 bits per heavy atom. The highest BCUT2D eigenvalue weighted by Gasteiger charge is 2.17. The lowest BCUT2D eigenvalue weighted by Gasteiger charge is -2.21. The van der Waals surface area contributed by atoms with E-state index in [0.29, 0.717) is 12.2 Å². The molecule has 1 aromatic rings. The Morgan fingerprint density at radius 1 is 1.57 bits per heavy atom. The smallest absolute Gasteiger partial charge is 0.336 e. The van der Waals surface area contributed by atoms with Crippen molar-refractivity contribution in [1.29, 1.82) is 0 Å². The van der Waals surface area contributed by atoms with Gasteiger partial charge in [-0.15, -0.1) is 0 Å². The van der Waals surface area contributed by atoms with E-state index in [-0.39, 0.29) is 0 Å². The summed E-state index contributed by atoms with van der Waals surface area (Å²) in [6.45, 7) is 3.12. The standard InChI is InChI=1S/C10H11NO3/c1-6-7(10(12)13)2-3-8-9(6)11-4-5-14-8/h2-3,11H,4-5H2,1H3,(H,12,13). The van der Waals surface area contributed by atoms with E-state index in [0.717, 1.165) is 23.5 Å². The number of hydrogen-bond acceptors (Lipinski definition) is 3. The molecule has 2 N–H and O–H groups in total. The predicted octanol–water partition coefficient (Wildman–Crippen LogP) is 1.50. The second-order valence-electron chi connectivity index (χ2n) is 3.19. The number of anilines is 1. The average Bonchev–Trinajstić information content (AvgIpc) is 2.18. The molecule has 0 atom stereocenters. The van der Waals surface area contributed by atoms with Crippen molar-refractivity contribution in [2.45, 2.75) is 6.92 Å². The first kappa shape index (κ1) is 8.87. The van der Waals surface area contributed by atoms with Crippen LogP contribution in [0.25, 0.3) is 0 Å². The van der Waals surface area contributed by atoms with E-state index in [4.69, 9.17) is 9.84 Å². The summed E-state index contributed by atoms with van der Waals surface area (Å²) in [6, 6.07) is 3.27. The van der Waals surface area contributed by atoms with Gasteiger partial charge in [0, 0.05) is 6.54 Å². The van der Waals surface area contributed by atoms with E-state index in [2.05, 4.69) is 5.32 Å². The minimum Gasteiger partial charge on any atom is -0.490 e. The second-order valence-corrected chi connectivity index (χ2v) is 3.19. The monoisotopic (exact) mass is 193 g/mol. The SMILES string of the molecule is Cc1c(C(=O)O)ccc2c1NCCO2. The van der Waals surface area contributed by atoms with Crippen molar-refractivity contribution in [2.24, 2.45) is 0 Å². The van der Waals surface area contributed by atoms with Gasteiger partial charge in [0.2, 0.25) is 0 Å². The zero-order chi connectivity index (χ0) is 10.1. The molecule has 0 saturated heterocycles. The Labute approximate surface area is 81.5 Å². The lowest BCUT2D eigenvalue weighted by atomic mass is 10.1. The van der Waals surface area contributed by atoms with Crippen LogP contribution in [0, 0.1) is 6.92 Å². The molecular weight excluding hydrogens is 182 g/mol. The summed E-state index contributed by atoms with van der Waals surface area (Å²) in [5.74, 6) is -0.170. The highest BCUT2D eigenvalue weighted by molar-refractivity contribution is 5.92. The van der Waals surface area contributed by atoms with Crippen LogP contribution in [-0.4, -0.2) is 24.2 Å². The number of carboxylic acids is 1. The van der Waals surface area contributed by atoms with E-state index >= 15 is 0 Å². The minimum atomic E-state index is -0.905. The molecule has 4 nitrogen and oxygen atoms in total. The van der Waals surface area contributed by atoms with Crippen LogP contribution in [0.5, 0.6) is 5.75 Å². The first-order chi connectivity index (χ1) is 6.70. The average molecular weight is 193 g/mol. The van der Waals surface area contributed by atoms with Crippen LogP contribution >= 0.6 is 0 Å². The predicted molar refractivity (Wildman–Crippen MR) is 52.1 cm³/mol. The normalized spacial score (nSPS) is 13.8. The second kappa shape index (κ2) is 3.21.